The van der Waals surface area contributed by atoms with Gasteiger partial charge in [-0.15, -0.1) is 0 Å². The molecule has 35 heavy (non-hydrogen) atoms. The lowest BCUT2D eigenvalue weighted by Gasteiger charge is -2.32. The average molecular weight is 479 g/mol. The predicted octanol–water partition coefficient (Wildman–Crippen LogP) is 4.80. The number of benzene rings is 2. The summed E-state index contributed by atoms with van der Waals surface area (Å²) in [6, 6.07) is 15.1. The van der Waals surface area contributed by atoms with Crippen molar-refractivity contribution in [1.82, 2.24) is 10.2 Å². The van der Waals surface area contributed by atoms with E-state index in [0.29, 0.717) is 19.3 Å². The third-order valence-electron chi connectivity index (χ3n) is 7.47. The van der Waals surface area contributed by atoms with Crippen molar-refractivity contribution in [2.75, 3.05) is 13.7 Å². The number of hydrogen-bond acceptors (Lipinski definition) is 4. The van der Waals surface area contributed by atoms with Gasteiger partial charge >= 0.3 is 12.1 Å². The van der Waals surface area contributed by atoms with Crippen LogP contribution in [0.3, 0.4) is 0 Å². The highest BCUT2D eigenvalue weighted by molar-refractivity contribution is 5.86. The molecule has 2 aliphatic rings. The zero-order chi connectivity index (χ0) is 24.9. The molecule has 0 bridgehead atoms. The molecule has 7 nitrogen and oxygen atoms in total. The maximum Gasteiger partial charge on any atom is 0.407 e. The minimum Gasteiger partial charge on any atom is -0.480 e. The zero-order valence-electron chi connectivity index (χ0n) is 20.4. The summed E-state index contributed by atoms with van der Waals surface area (Å²) in [5, 5.41) is 12.4. The summed E-state index contributed by atoms with van der Waals surface area (Å²) in [5.41, 5.74) is 4.62. The second-order valence-electron chi connectivity index (χ2n) is 9.53. The number of hydrogen-bond donors (Lipinski definition) is 2. The Morgan fingerprint density at radius 3 is 2.20 bits per heavy atom. The lowest BCUT2D eigenvalue weighted by molar-refractivity contribution is -0.151. The fourth-order valence-corrected chi connectivity index (χ4v) is 5.60. The molecule has 0 heterocycles. The molecule has 186 valence electrons. The molecular weight excluding hydrogens is 444 g/mol. The largest absolute Gasteiger partial charge is 0.480 e. The Bertz CT molecular complexity index is 1040. The van der Waals surface area contributed by atoms with E-state index < -0.39 is 24.0 Å². The summed E-state index contributed by atoms with van der Waals surface area (Å²) in [6.07, 6.45) is 3.83. The van der Waals surface area contributed by atoms with Crippen LogP contribution in [0.25, 0.3) is 11.1 Å². The van der Waals surface area contributed by atoms with Crippen LogP contribution in [-0.4, -0.2) is 53.7 Å². The fourth-order valence-electron chi connectivity index (χ4n) is 5.60. The molecule has 2 aromatic carbocycles. The first-order chi connectivity index (χ1) is 16.9. The number of carbonyl (C=O) groups is 3. The number of nitrogens with zero attached hydrogens (tertiary/aromatic N) is 1. The van der Waals surface area contributed by atoms with Crippen LogP contribution >= 0.6 is 0 Å². The second-order valence-corrected chi connectivity index (χ2v) is 9.53. The van der Waals surface area contributed by atoms with Gasteiger partial charge in [0.2, 0.25) is 5.91 Å². The van der Waals surface area contributed by atoms with Gasteiger partial charge in [-0.25, -0.2) is 9.59 Å². The summed E-state index contributed by atoms with van der Waals surface area (Å²) in [4.78, 5) is 39.1. The van der Waals surface area contributed by atoms with Crippen LogP contribution in [0.5, 0.6) is 0 Å². The number of nitrogens with one attached hydrogen (secondary N) is 1. The number of carboxylic acids is 1. The molecule has 0 radical (unpaired) electrons. The Balaban J connectivity index is 1.44. The number of rotatable bonds is 7. The highest BCUT2D eigenvalue weighted by atomic mass is 16.5. The van der Waals surface area contributed by atoms with Gasteiger partial charge in [-0.2, -0.15) is 0 Å². The number of carbonyl (C=O) groups excluding carboxylic acids is 2. The summed E-state index contributed by atoms with van der Waals surface area (Å²) in [5.74, 6) is -1.74. The van der Waals surface area contributed by atoms with Crippen LogP contribution in [0.2, 0.25) is 0 Å². The fraction of sp³-hybridized carbons (Fsp3) is 0.464. The van der Waals surface area contributed by atoms with E-state index in [1.54, 1.807) is 14.0 Å². The van der Waals surface area contributed by atoms with Crippen molar-refractivity contribution >= 4 is 18.0 Å². The van der Waals surface area contributed by atoms with E-state index in [0.717, 1.165) is 30.4 Å². The summed E-state index contributed by atoms with van der Waals surface area (Å²) in [6.45, 7) is 1.96. The molecule has 0 spiro atoms. The topological polar surface area (TPSA) is 95.9 Å². The van der Waals surface area contributed by atoms with Crippen LogP contribution in [0.1, 0.15) is 62.5 Å². The number of amides is 2. The minimum atomic E-state index is -1.02. The quantitative estimate of drug-likeness (QED) is 0.558. The van der Waals surface area contributed by atoms with E-state index in [9.17, 15) is 19.5 Å². The molecule has 1 unspecified atom stereocenters. The molecule has 2 aromatic rings. The first kappa shape index (κ1) is 24.8. The lowest BCUT2D eigenvalue weighted by Crippen LogP contribution is -2.51. The van der Waals surface area contributed by atoms with Crippen LogP contribution < -0.4 is 5.32 Å². The molecule has 0 aromatic heterocycles. The first-order valence-corrected chi connectivity index (χ1v) is 12.5. The van der Waals surface area contributed by atoms with E-state index in [4.69, 9.17) is 4.74 Å². The Labute approximate surface area is 206 Å². The maximum atomic E-state index is 13.3. The monoisotopic (exact) mass is 478 g/mol. The van der Waals surface area contributed by atoms with Crippen molar-refractivity contribution < 1.29 is 24.2 Å². The normalized spacial score (nSPS) is 20.2. The summed E-state index contributed by atoms with van der Waals surface area (Å²) < 4.78 is 5.71. The standard InChI is InChI=1S/C28H34N2O5/c1-3-25(27(32)33)30(2)26(31)22-15-5-4-6-16-24(22)29-28(34)35-17-23-20-13-9-7-11-18(20)19-12-8-10-14-21(19)23/h7-14,22-25H,3-6,15-17H2,1-2H3,(H,29,34)(H,32,33)/t22-,24+,25?/m1/s1. The molecule has 1 fully saturated rings. The van der Waals surface area contributed by atoms with Gasteiger partial charge in [0.15, 0.2) is 0 Å². The molecule has 2 aliphatic carbocycles. The second kappa shape index (κ2) is 10.9. The minimum absolute atomic E-state index is 0.0354. The maximum absolute atomic E-state index is 13.3. The number of fused-ring (bicyclic) bond motifs is 3. The first-order valence-electron chi connectivity index (χ1n) is 12.5. The zero-order valence-corrected chi connectivity index (χ0v) is 20.4. The van der Waals surface area contributed by atoms with Crippen molar-refractivity contribution in [3.63, 3.8) is 0 Å². The molecule has 3 atom stereocenters. The molecule has 7 heteroatoms. The van der Waals surface area contributed by atoms with Crippen molar-refractivity contribution in [3.05, 3.63) is 59.7 Å². The van der Waals surface area contributed by atoms with Gasteiger partial charge in [-0.3, -0.25) is 4.79 Å². The van der Waals surface area contributed by atoms with E-state index in [-0.39, 0.29) is 24.5 Å². The van der Waals surface area contributed by atoms with Gasteiger partial charge in [0.1, 0.15) is 12.6 Å². The number of ether oxygens (including phenoxy) is 1. The molecule has 2 amide bonds. The van der Waals surface area contributed by atoms with Gasteiger partial charge in [-0.1, -0.05) is 74.7 Å². The predicted molar refractivity (Wildman–Crippen MR) is 133 cm³/mol. The van der Waals surface area contributed by atoms with Crippen LogP contribution in [0.15, 0.2) is 48.5 Å². The molecular formula is C28H34N2O5. The van der Waals surface area contributed by atoms with E-state index in [2.05, 4.69) is 29.6 Å². The number of aliphatic carboxylic acids is 1. The smallest absolute Gasteiger partial charge is 0.407 e. The van der Waals surface area contributed by atoms with Gasteiger partial charge < -0.3 is 20.1 Å². The van der Waals surface area contributed by atoms with Crippen molar-refractivity contribution in [2.24, 2.45) is 5.92 Å². The van der Waals surface area contributed by atoms with Crippen LogP contribution in [0.4, 0.5) is 4.79 Å². The highest BCUT2D eigenvalue weighted by Crippen LogP contribution is 2.44. The molecule has 0 aliphatic heterocycles. The number of alkyl carbamates (subject to hydrolysis) is 1. The summed E-state index contributed by atoms with van der Waals surface area (Å²) >= 11 is 0. The third kappa shape index (κ3) is 5.19. The van der Waals surface area contributed by atoms with Gasteiger partial charge in [0.05, 0.1) is 5.92 Å². The Hall–Kier alpha value is -3.35. The van der Waals surface area contributed by atoms with Crippen molar-refractivity contribution in [3.8, 4) is 11.1 Å². The molecule has 4 rings (SSSR count). The number of likely N-dealkylation sites (N-methyl/N-ethyl adjacent to an activating group) is 1. The average Bonchev–Trinajstić information content (AvgIpc) is 2.99. The molecule has 1 saturated carbocycles. The Kier molecular flexibility index (Phi) is 7.73. The third-order valence-corrected chi connectivity index (χ3v) is 7.47. The van der Waals surface area contributed by atoms with E-state index in [1.165, 1.54) is 16.0 Å². The SMILES string of the molecule is CCC(C(=O)O)N(C)C(=O)[C@@H]1CCCCC[C@@H]1NC(=O)OCC1c2ccccc2-c2ccccc21. The van der Waals surface area contributed by atoms with E-state index in [1.807, 2.05) is 24.3 Å². The summed E-state index contributed by atoms with van der Waals surface area (Å²) in [7, 11) is 1.54. The van der Waals surface area contributed by atoms with Gasteiger partial charge in [0, 0.05) is 19.0 Å². The highest BCUT2D eigenvalue weighted by Gasteiger charge is 2.36. The Morgan fingerprint density at radius 2 is 1.60 bits per heavy atom. The lowest BCUT2D eigenvalue weighted by atomic mass is 9.92. The van der Waals surface area contributed by atoms with Crippen LogP contribution in [-0.2, 0) is 14.3 Å². The molecule has 0 saturated heterocycles. The van der Waals surface area contributed by atoms with Gasteiger partial charge in [-0.05, 0) is 41.5 Å². The van der Waals surface area contributed by atoms with Crippen molar-refractivity contribution in [2.45, 2.75) is 63.5 Å². The Morgan fingerprint density at radius 1 is 1.00 bits per heavy atom. The van der Waals surface area contributed by atoms with Gasteiger partial charge in [0.25, 0.3) is 0 Å². The van der Waals surface area contributed by atoms with Crippen LogP contribution in [0, 0.1) is 5.92 Å². The number of carboxylic acid groups (broad SMARTS) is 1. The van der Waals surface area contributed by atoms with E-state index >= 15 is 0 Å². The molecule has 2 N–H and O–H groups in total. The van der Waals surface area contributed by atoms with Crippen molar-refractivity contribution in [1.29, 1.82) is 0 Å².